The van der Waals surface area contributed by atoms with E-state index in [1.54, 1.807) is 52.0 Å². The van der Waals surface area contributed by atoms with Crippen LogP contribution in [-0.4, -0.2) is 60.5 Å². The summed E-state index contributed by atoms with van der Waals surface area (Å²) in [5, 5.41) is 2.55. The van der Waals surface area contributed by atoms with Crippen LogP contribution in [0.2, 0.25) is 0 Å². The van der Waals surface area contributed by atoms with Gasteiger partial charge in [0.25, 0.3) is 5.91 Å². The number of hydrogen-bond donors (Lipinski definition) is 1. The molecular formula is C21H29F3N2O5. The number of para-hydroxylation sites is 2. The first-order valence-corrected chi connectivity index (χ1v) is 10.1. The molecule has 1 heterocycles. The van der Waals surface area contributed by atoms with E-state index < -0.39 is 42.5 Å². The molecule has 0 unspecified atom stereocenters. The Kier molecular flexibility index (Phi) is 8.02. The fraction of sp³-hybridized carbons (Fsp3) is 0.619. The lowest BCUT2D eigenvalue weighted by Crippen LogP contribution is -2.59. The van der Waals surface area contributed by atoms with Crippen LogP contribution in [0.4, 0.5) is 18.0 Å². The largest absolute Gasteiger partial charge is 0.490 e. The van der Waals surface area contributed by atoms with Gasteiger partial charge < -0.3 is 24.4 Å². The molecule has 1 saturated heterocycles. The van der Waals surface area contributed by atoms with Gasteiger partial charge in [0.15, 0.2) is 18.1 Å². The first kappa shape index (κ1) is 24.6. The SMILES string of the molecule is CCOc1ccccc1OCC(=O)N1C[C@H](NC(=O)OC(C)(C)C)CC[C@H]1C(F)(F)F. The zero-order chi connectivity index (χ0) is 23.2. The van der Waals surface area contributed by atoms with Crippen LogP contribution in [-0.2, 0) is 9.53 Å². The monoisotopic (exact) mass is 446 g/mol. The van der Waals surface area contributed by atoms with Crippen molar-refractivity contribution in [2.75, 3.05) is 19.8 Å². The number of piperidine rings is 1. The molecule has 2 amide bonds. The van der Waals surface area contributed by atoms with E-state index in [9.17, 15) is 22.8 Å². The normalized spacial score (nSPS) is 19.5. The summed E-state index contributed by atoms with van der Waals surface area (Å²) in [7, 11) is 0. The number of alkyl halides is 3. The van der Waals surface area contributed by atoms with Crippen molar-refractivity contribution in [1.29, 1.82) is 0 Å². The van der Waals surface area contributed by atoms with E-state index in [-0.39, 0.29) is 25.1 Å². The number of nitrogens with zero attached hydrogens (tertiary/aromatic N) is 1. The Bertz CT molecular complexity index is 764. The van der Waals surface area contributed by atoms with Crippen molar-refractivity contribution in [2.45, 2.75) is 64.4 Å². The highest BCUT2D eigenvalue weighted by atomic mass is 19.4. The van der Waals surface area contributed by atoms with Crippen molar-refractivity contribution < 1.29 is 37.0 Å². The number of alkyl carbamates (subject to hydrolysis) is 1. The van der Waals surface area contributed by atoms with Gasteiger partial charge in [0.2, 0.25) is 0 Å². The summed E-state index contributed by atoms with van der Waals surface area (Å²) >= 11 is 0. The molecule has 2 rings (SSSR count). The maximum Gasteiger partial charge on any atom is 0.408 e. The van der Waals surface area contributed by atoms with Gasteiger partial charge in [-0.05, 0) is 52.7 Å². The van der Waals surface area contributed by atoms with E-state index in [0.717, 1.165) is 4.90 Å². The van der Waals surface area contributed by atoms with Crippen molar-refractivity contribution in [3.05, 3.63) is 24.3 Å². The van der Waals surface area contributed by atoms with E-state index in [2.05, 4.69) is 5.32 Å². The number of hydrogen-bond acceptors (Lipinski definition) is 5. The van der Waals surface area contributed by atoms with Crippen molar-refractivity contribution in [3.63, 3.8) is 0 Å². The Morgan fingerprint density at radius 1 is 1.10 bits per heavy atom. The molecule has 0 bridgehead atoms. The van der Waals surface area contributed by atoms with Gasteiger partial charge in [-0.1, -0.05) is 12.1 Å². The molecular weight excluding hydrogens is 417 g/mol. The summed E-state index contributed by atoms with van der Waals surface area (Å²) in [6.45, 7) is 6.31. The highest BCUT2D eigenvalue weighted by Crippen LogP contribution is 2.33. The molecule has 174 valence electrons. The van der Waals surface area contributed by atoms with Crippen molar-refractivity contribution >= 4 is 12.0 Å². The number of halogens is 3. The Morgan fingerprint density at radius 2 is 1.71 bits per heavy atom. The maximum atomic E-state index is 13.5. The molecule has 1 aromatic carbocycles. The number of nitrogens with one attached hydrogen (secondary N) is 1. The first-order valence-electron chi connectivity index (χ1n) is 10.1. The van der Waals surface area contributed by atoms with Crippen LogP contribution in [0.1, 0.15) is 40.5 Å². The number of carbonyl (C=O) groups excluding carboxylic acids is 2. The van der Waals surface area contributed by atoms with Gasteiger partial charge in [0, 0.05) is 12.6 Å². The van der Waals surface area contributed by atoms with Gasteiger partial charge in [0.1, 0.15) is 11.6 Å². The lowest BCUT2D eigenvalue weighted by Gasteiger charge is -2.40. The van der Waals surface area contributed by atoms with Crippen LogP contribution in [0, 0.1) is 0 Å². The minimum atomic E-state index is -4.59. The summed E-state index contributed by atoms with van der Waals surface area (Å²) in [6.07, 6.45) is -5.58. The first-order chi connectivity index (χ1) is 14.4. The molecule has 0 aliphatic carbocycles. The number of amides is 2. The summed E-state index contributed by atoms with van der Waals surface area (Å²) in [4.78, 5) is 25.4. The van der Waals surface area contributed by atoms with Crippen molar-refractivity contribution in [2.24, 2.45) is 0 Å². The molecule has 2 atom stereocenters. The van der Waals surface area contributed by atoms with Gasteiger partial charge in [-0.15, -0.1) is 0 Å². The van der Waals surface area contributed by atoms with Crippen LogP contribution in [0.5, 0.6) is 11.5 Å². The lowest BCUT2D eigenvalue weighted by molar-refractivity contribution is -0.198. The van der Waals surface area contributed by atoms with Gasteiger partial charge in [-0.2, -0.15) is 13.2 Å². The molecule has 1 aromatic rings. The van der Waals surface area contributed by atoms with Crippen LogP contribution in [0.15, 0.2) is 24.3 Å². The minimum Gasteiger partial charge on any atom is -0.490 e. The van der Waals surface area contributed by atoms with Crippen molar-refractivity contribution in [3.8, 4) is 11.5 Å². The molecule has 31 heavy (non-hydrogen) atoms. The van der Waals surface area contributed by atoms with E-state index in [0.29, 0.717) is 12.4 Å². The number of ether oxygens (including phenoxy) is 3. The zero-order valence-corrected chi connectivity index (χ0v) is 18.1. The third kappa shape index (κ3) is 7.52. The van der Waals surface area contributed by atoms with Gasteiger partial charge in [-0.25, -0.2) is 4.79 Å². The third-order valence-corrected chi connectivity index (χ3v) is 4.50. The predicted octanol–water partition coefficient (Wildman–Crippen LogP) is 3.91. The van der Waals surface area contributed by atoms with Crippen LogP contribution >= 0.6 is 0 Å². The summed E-state index contributed by atoms with van der Waals surface area (Å²) in [6, 6.07) is 4.00. The molecule has 10 heteroatoms. The summed E-state index contributed by atoms with van der Waals surface area (Å²) < 4.78 is 56.6. The van der Waals surface area contributed by atoms with E-state index >= 15 is 0 Å². The lowest BCUT2D eigenvalue weighted by atomic mass is 9.97. The van der Waals surface area contributed by atoms with E-state index in [4.69, 9.17) is 14.2 Å². The molecule has 0 saturated carbocycles. The second-order valence-electron chi connectivity index (χ2n) is 8.19. The smallest absolute Gasteiger partial charge is 0.408 e. The summed E-state index contributed by atoms with van der Waals surface area (Å²) in [5.74, 6) is -0.167. The molecule has 1 aliphatic heterocycles. The number of rotatable bonds is 6. The fourth-order valence-electron chi connectivity index (χ4n) is 3.25. The molecule has 1 fully saturated rings. The maximum absolute atomic E-state index is 13.5. The van der Waals surface area contributed by atoms with E-state index in [1.807, 2.05) is 0 Å². The quantitative estimate of drug-likeness (QED) is 0.717. The average molecular weight is 446 g/mol. The second kappa shape index (κ2) is 10.1. The number of likely N-dealkylation sites (tertiary alicyclic amines) is 1. The Morgan fingerprint density at radius 3 is 2.26 bits per heavy atom. The fourth-order valence-corrected chi connectivity index (χ4v) is 3.25. The Hall–Kier alpha value is -2.65. The average Bonchev–Trinajstić information content (AvgIpc) is 2.64. The zero-order valence-electron chi connectivity index (χ0n) is 18.1. The predicted molar refractivity (Wildman–Crippen MR) is 107 cm³/mol. The highest BCUT2D eigenvalue weighted by Gasteiger charge is 2.48. The Balaban J connectivity index is 2.07. The highest BCUT2D eigenvalue weighted by molar-refractivity contribution is 5.78. The van der Waals surface area contributed by atoms with E-state index in [1.165, 1.54) is 0 Å². The van der Waals surface area contributed by atoms with Crippen LogP contribution in [0.25, 0.3) is 0 Å². The second-order valence-corrected chi connectivity index (χ2v) is 8.19. The van der Waals surface area contributed by atoms with Crippen molar-refractivity contribution in [1.82, 2.24) is 10.2 Å². The minimum absolute atomic E-state index is 0.0707. The topological polar surface area (TPSA) is 77.1 Å². The standard InChI is InChI=1S/C21H29F3N2O5/c1-5-29-15-8-6-7-9-16(15)30-13-18(27)26-12-14(10-11-17(26)21(22,23)24)25-19(28)31-20(2,3)4/h6-9,14,17H,5,10-13H2,1-4H3,(H,25,28)/t14-,17+/m1/s1. The molecule has 7 nitrogen and oxygen atoms in total. The third-order valence-electron chi connectivity index (χ3n) is 4.50. The number of benzene rings is 1. The molecule has 0 aromatic heterocycles. The van der Waals surface area contributed by atoms with Crippen LogP contribution < -0.4 is 14.8 Å². The summed E-state index contributed by atoms with van der Waals surface area (Å²) in [5.41, 5.74) is -0.745. The van der Waals surface area contributed by atoms with Gasteiger partial charge in [0.05, 0.1) is 6.61 Å². The molecule has 1 aliphatic rings. The molecule has 1 N–H and O–H groups in total. The molecule has 0 spiro atoms. The van der Waals surface area contributed by atoms with Crippen LogP contribution in [0.3, 0.4) is 0 Å². The molecule has 0 radical (unpaired) electrons. The number of carbonyl (C=O) groups is 2. The Labute approximate surface area is 179 Å². The van der Waals surface area contributed by atoms with Gasteiger partial charge in [-0.3, -0.25) is 4.79 Å². The van der Waals surface area contributed by atoms with Gasteiger partial charge >= 0.3 is 12.3 Å².